The van der Waals surface area contributed by atoms with Gasteiger partial charge < -0.3 is 14.9 Å². The van der Waals surface area contributed by atoms with Gasteiger partial charge in [-0.3, -0.25) is 16.0 Å². The van der Waals surface area contributed by atoms with E-state index in [2.05, 4.69) is 72.3 Å². The summed E-state index contributed by atoms with van der Waals surface area (Å²) in [4.78, 5) is 0. The molecular weight excluding hydrogens is 462 g/mol. The van der Waals surface area contributed by atoms with Crippen LogP contribution in [-0.2, 0) is 11.2 Å². The Kier molecular flexibility index (Phi) is 8.63. The lowest BCUT2D eigenvalue weighted by Gasteiger charge is -2.44. The van der Waals surface area contributed by atoms with Crippen molar-refractivity contribution in [2.24, 2.45) is 11.8 Å². The van der Waals surface area contributed by atoms with Crippen molar-refractivity contribution in [3.05, 3.63) is 64.9 Å². The molecule has 6 atom stereocenters. The monoisotopic (exact) mass is 505 g/mol. The van der Waals surface area contributed by atoms with Crippen molar-refractivity contribution in [1.82, 2.24) is 16.0 Å². The van der Waals surface area contributed by atoms with Gasteiger partial charge in [-0.15, -0.1) is 0 Å². The van der Waals surface area contributed by atoms with E-state index in [1.54, 1.807) is 6.08 Å². The first-order valence-corrected chi connectivity index (χ1v) is 14.3. The number of hydrogen-bond acceptors (Lipinski definition) is 6. The smallest absolute Gasteiger partial charge is 0.166 e. The van der Waals surface area contributed by atoms with Crippen LogP contribution in [0, 0.1) is 11.8 Å². The Bertz CT molecular complexity index is 1130. The minimum Gasteiger partial charge on any atom is -0.513 e. The van der Waals surface area contributed by atoms with Gasteiger partial charge in [0, 0.05) is 12.3 Å². The molecule has 2 aromatic rings. The van der Waals surface area contributed by atoms with Crippen LogP contribution in [0.15, 0.2) is 48.2 Å². The second kappa shape index (κ2) is 12.1. The van der Waals surface area contributed by atoms with E-state index in [0.29, 0.717) is 25.4 Å². The Morgan fingerprint density at radius 1 is 1.11 bits per heavy atom. The van der Waals surface area contributed by atoms with E-state index < -0.39 is 6.10 Å². The second-order valence-corrected chi connectivity index (χ2v) is 10.9. The number of aliphatic hydroxyl groups is 2. The van der Waals surface area contributed by atoms with Crippen LogP contribution in [0.1, 0.15) is 81.6 Å². The summed E-state index contributed by atoms with van der Waals surface area (Å²) < 4.78 is 6.47. The summed E-state index contributed by atoms with van der Waals surface area (Å²) in [7, 11) is 0. The van der Waals surface area contributed by atoms with Gasteiger partial charge >= 0.3 is 0 Å². The van der Waals surface area contributed by atoms with Crippen LogP contribution in [0.2, 0.25) is 0 Å². The molecule has 6 unspecified atom stereocenters. The van der Waals surface area contributed by atoms with Gasteiger partial charge in [-0.25, -0.2) is 0 Å². The van der Waals surface area contributed by atoms with Crippen LogP contribution >= 0.6 is 0 Å². The zero-order valence-electron chi connectivity index (χ0n) is 22.2. The fourth-order valence-electron chi connectivity index (χ4n) is 6.14. The quantitative estimate of drug-likeness (QED) is 0.303. The molecule has 2 aromatic carbocycles. The molecule has 5 rings (SSSR count). The van der Waals surface area contributed by atoms with Crippen molar-refractivity contribution in [3.63, 3.8) is 0 Å². The summed E-state index contributed by atoms with van der Waals surface area (Å²) in [6.07, 6.45) is 12.9. The van der Waals surface area contributed by atoms with Crippen molar-refractivity contribution in [1.29, 1.82) is 0 Å². The summed E-state index contributed by atoms with van der Waals surface area (Å²) in [6.45, 7) is 5.18. The van der Waals surface area contributed by atoms with Crippen molar-refractivity contribution in [2.45, 2.75) is 90.0 Å². The highest BCUT2D eigenvalue weighted by atomic mass is 16.5. The molecule has 200 valence electrons. The van der Waals surface area contributed by atoms with Crippen LogP contribution < -0.4 is 16.0 Å². The van der Waals surface area contributed by atoms with Crippen LogP contribution in [-0.4, -0.2) is 35.4 Å². The maximum Gasteiger partial charge on any atom is 0.166 e. The third-order valence-corrected chi connectivity index (χ3v) is 8.39. The Labute approximate surface area is 221 Å². The lowest BCUT2D eigenvalue weighted by molar-refractivity contribution is -0.0698. The molecule has 0 saturated carbocycles. The highest BCUT2D eigenvalue weighted by Crippen LogP contribution is 2.35. The van der Waals surface area contributed by atoms with E-state index in [4.69, 9.17) is 4.74 Å². The van der Waals surface area contributed by atoms with Gasteiger partial charge in [0.15, 0.2) is 6.35 Å². The van der Waals surface area contributed by atoms with Gasteiger partial charge in [-0.2, -0.15) is 0 Å². The van der Waals surface area contributed by atoms with Gasteiger partial charge in [0.1, 0.15) is 0 Å². The molecule has 2 aliphatic carbocycles. The van der Waals surface area contributed by atoms with Gasteiger partial charge in [0.2, 0.25) is 0 Å². The van der Waals surface area contributed by atoms with E-state index in [0.717, 1.165) is 19.3 Å². The van der Waals surface area contributed by atoms with E-state index >= 15 is 0 Å². The minimum atomic E-state index is -0.709. The number of nitrogens with one attached hydrogen (secondary N) is 3. The molecular formula is C31H43N3O3. The average Bonchev–Trinajstić information content (AvgIpc) is 2.92. The molecule has 0 bridgehead atoms. The summed E-state index contributed by atoms with van der Waals surface area (Å²) in [6, 6.07) is 10.9. The second-order valence-electron chi connectivity index (χ2n) is 10.9. The average molecular weight is 506 g/mol. The molecule has 37 heavy (non-hydrogen) atoms. The van der Waals surface area contributed by atoms with E-state index in [9.17, 15) is 10.2 Å². The van der Waals surface area contributed by atoms with Crippen LogP contribution in [0.4, 0.5) is 0 Å². The molecule has 1 aliphatic heterocycles. The summed E-state index contributed by atoms with van der Waals surface area (Å²) in [5, 5.41) is 34.4. The molecule has 3 aliphatic rings. The topological polar surface area (TPSA) is 85.8 Å². The van der Waals surface area contributed by atoms with Crippen molar-refractivity contribution < 1.29 is 14.9 Å². The predicted octanol–water partition coefficient (Wildman–Crippen LogP) is 5.64. The van der Waals surface area contributed by atoms with Crippen LogP contribution in [0.3, 0.4) is 0 Å². The number of ether oxygens (including phenoxy) is 1. The van der Waals surface area contributed by atoms with Crippen molar-refractivity contribution >= 4 is 16.8 Å². The highest BCUT2D eigenvalue weighted by molar-refractivity contribution is 5.93. The van der Waals surface area contributed by atoms with Crippen LogP contribution in [0.5, 0.6) is 0 Å². The first-order chi connectivity index (χ1) is 18.1. The molecule has 0 amide bonds. The summed E-state index contributed by atoms with van der Waals surface area (Å²) in [5.41, 5.74) is 3.94. The molecule has 6 nitrogen and oxygen atoms in total. The van der Waals surface area contributed by atoms with Gasteiger partial charge in [0.25, 0.3) is 0 Å². The third kappa shape index (κ3) is 5.94. The normalized spacial score (nSPS) is 28.6. The Morgan fingerprint density at radius 3 is 2.78 bits per heavy atom. The largest absolute Gasteiger partial charge is 0.513 e. The maximum atomic E-state index is 10.8. The fourth-order valence-corrected chi connectivity index (χ4v) is 6.14. The predicted molar refractivity (Wildman–Crippen MR) is 150 cm³/mol. The third-order valence-electron chi connectivity index (χ3n) is 8.39. The molecule has 0 spiro atoms. The molecule has 6 heteroatoms. The lowest BCUT2D eigenvalue weighted by Crippen LogP contribution is -2.67. The van der Waals surface area contributed by atoms with E-state index in [1.807, 2.05) is 0 Å². The highest BCUT2D eigenvalue weighted by Gasteiger charge is 2.38. The summed E-state index contributed by atoms with van der Waals surface area (Å²) in [5.74, 6) is 0.748. The molecule has 1 saturated heterocycles. The molecule has 5 N–H and O–H groups in total. The van der Waals surface area contributed by atoms with Crippen LogP contribution in [0.25, 0.3) is 16.8 Å². The Morgan fingerprint density at radius 2 is 1.97 bits per heavy atom. The van der Waals surface area contributed by atoms with Gasteiger partial charge in [-0.1, -0.05) is 69.5 Å². The fraction of sp³-hybridized carbons (Fsp3) is 0.548. The van der Waals surface area contributed by atoms with Gasteiger partial charge in [-0.05, 0) is 71.2 Å². The van der Waals surface area contributed by atoms with Crippen molar-refractivity contribution in [3.8, 4) is 0 Å². The number of hydrogen-bond donors (Lipinski definition) is 5. The summed E-state index contributed by atoms with van der Waals surface area (Å²) >= 11 is 0. The standard InChI is InChI=1S/C31H43N3O3/c1-3-5-10-20(4-2)19-37-31-33-29(26-16-15-22(35)18-28(26)36)32-30(34-31)27-17-21-11-6-7-12-23(21)24-13-8-9-14-25(24)27/h6-8,11-13,17-18,20,26,28-36H,3-5,9-10,14-16,19H2,1-2H3. The Balaban J connectivity index is 1.45. The van der Waals surface area contributed by atoms with Gasteiger partial charge in [0.05, 0.1) is 30.8 Å². The number of benzene rings is 2. The zero-order valence-corrected chi connectivity index (χ0v) is 22.2. The molecule has 0 radical (unpaired) electrons. The lowest BCUT2D eigenvalue weighted by atomic mass is 9.85. The minimum absolute atomic E-state index is 0.0650. The first kappa shape index (κ1) is 26.4. The number of allylic oxidation sites excluding steroid dienone is 2. The van der Waals surface area contributed by atoms with Crippen molar-refractivity contribution in [2.75, 3.05) is 6.61 Å². The van der Waals surface area contributed by atoms with E-state index in [-0.39, 0.29) is 30.4 Å². The first-order valence-electron chi connectivity index (χ1n) is 14.3. The number of unbranched alkanes of at least 4 members (excludes halogenated alkanes) is 1. The SMILES string of the molecule is CCCCC(CC)COC1NC(c2cc3ccccc3c3c2CCC=C3)NC(C2CCC(O)=CC2O)N1. The molecule has 1 heterocycles. The number of fused-ring (bicyclic) bond motifs is 3. The number of aliphatic hydroxyl groups excluding tert-OH is 2. The zero-order chi connectivity index (χ0) is 25.8. The number of rotatable bonds is 9. The molecule has 1 fully saturated rings. The maximum absolute atomic E-state index is 10.8. The molecule has 0 aromatic heterocycles. The Hall–Kier alpha value is -2.22. The van der Waals surface area contributed by atoms with E-state index in [1.165, 1.54) is 46.7 Å².